The van der Waals surface area contributed by atoms with Crippen molar-refractivity contribution in [3.8, 4) is 0 Å². The van der Waals surface area contributed by atoms with Crippen molar-refractivity contribution in [3.05, 3.63) is 83.9 Å². The fourth-order valence-electron chi connectivity index (χ4n) is 4.15. The van der Waals surface area contributed by atoms with E-state index in [2.05, 4.69) is 47.4 Å². The van der Waals surface area contributed by atoms with Gasteiger partial charge in [-0.1, -0.05) is 72.8 Å². The van der Waals surface area contributed by atoms with E-state index in [0.29, 0.717) is 12.8 Å². The SMILES string of the molecule is O=C(O)C1(c2ccccc2)CCN(Cc2cccc3ccccc23)CC1. The summed E-state index contributed by atoms with van der Waals surface area (Å²) in [7, 11) is 0. The van der Waals surface area contributed by atoms with Crippen LogP contribution in [-0.2, 0) is 16.8 Å². The second kappa shape index (κ2) is 6.93. The molecule has 1 aliphatic heterocycles. The molecular formula is C23H23NO2. The number of rotatable bonds is 4. The number of piperidine rings is 1. The molecule has 26 heavy (non-hydrogen) atoms. The van der Waals surface area contributed by atoms with E-state index in [-0.39, 0.29) is 0 Å². The van der Waals surface area contributed by atoms with Gasteiger partial charge in [-0.2, -0.15) is 0 Å². The second-order valence-corrected chi connectivity index (χ2v) is 7.17. The predicted molar refractivity (Wildman–Crippen MR) is 104 cm³/mol. The summed E-state index contributed by atoms with van der Waals surface area (Å²) in [6, 6.07) is 24.6. The van der Waals surface area contributed by atoms with E-state index < -0.39 is 11.4 Å². The van der Waals surface area contributed by atoms with Crippen molar-refractivity contribution in [1.29, 1.82) is 0 Å². The van der Waals surface area contributed by atoms with Crippen molar-refractivity contribution in [2.45, 2.75) is 24.8 Å². The van der Waals surface area contributed by atoms with Gasteiger partial charge in [0, 0.05) is 6.54 Å². The fraction of sp³-hybridized carbons (Fsp3) is 0.261. The maximum atomic E-state index is 12.1. The van der Waals surface area contributed by atoms with Crippen molar-refractivity contribution >= 4 is 16.7 Å². The highest BCUT2D eigenvalue weighted by Crippen LogP contribution is 2.36. The van der Waals surface area contributed by atoms with Crippen LogP contribution in [0, 0.1) is 0 Å². The molecule has 0 radical (unpaired) electrons. The van der Waals surface area contributed by atoms with Crippen molar-refractivity contribution < 1.29 is 9.90 Å². The Morgan fingerprint density at radius 2 is 1.54 bits per heavy atom. The number of carboxylic acids is 1. The van der Waals surface area contributed by atoms with Crippen LogP contribution in [0.2, 0.25) is 0 Å². The maximum Gasteiger partial charge on any atom is 0.314 e. The molecule has 3 nitrogen and oxygen atoms in total. The molecule has 0 spiro atoms. The number of hydrogen-bond acceptors (Lipinski definition) is 2. The van der Waals surface area contributed by atoms with E-state index >= 15 is 0 Å². The lowest BCUT2D eigenvalue weighted by Crippen LogP contribution is -2.47. The third-order valence-electron chi connectivity index (χ3n) is 5.72. The highest BCUT2D eigenvalue weighted by atomic mass is 16.4. The van der Waals surface area contributed by atoms with Crippen molar-refractivity contribution in [1.82, 2.24) is 4.90 Å². The third-order valence-corrected chi connectivity index (χ3v) is 5.72. The summed E-state index contributed by atoms with van der Waals surface area (Å²) in [6.45, 7) is 2.46. The number of benzene rings is 3. The summed E-state index contributed by atoms with van der Waals surface area (Å²) in [5, 5.41) is 12.5. The summed E-state index contributed by atoms with van der Waals surface area (Å²) in [5.41, 5.74) is 1.49. The molecule has 0 saturated carbocycles. The molecule has 0 atom stereocenters. The van der Waals surface area contributed by atoms with Crippen molar-refractivity contribution in [2.24, 2.45) is 0 Å². The first kappa shape index (κ1) is 16.8. The van der Waals surface area contributed by atoms with Gasteiger partial charge in [-0.3, -0.25) is 9.69 Å². The monoisotopic (exact) mass is 345 g/mol. The minimum atomic E-state index is -0.753. The lowest BCUT2D eigenvalue weighted by atomic mass is 9.73. The minimum absolute atomic E-state index is 0.650. The molecule has 1 aliphatic rings. The van der Waals surface area contributed by atoms with Gasteiger partial charge in [0.1, 0.15) is 0 Å². The van der Waals surface area contributed by atoms with Crippen LogP contribution in [0.1, 0.15) is 24.0 Å². The molecule has 132 valence electrons. The van der Waals surface area contributed by atoms with Crippen LogP contribution in [0.15, 0.2) is 72.8 Å². The minimum Gasteiger partial charge on any atom is -0.481 e. The summed E-state index contributed by atoms with van der Waals surface area (Å²) < 4.78 is 0. The average Bonchev–Trinajstić information content (AvgIpc) is 2.69. The molecule has 0 aliphatic carbocycles. The third kappa shape index (κ3) is 2.99. The summed E-state index contributed by atoms with van der Waals surface area (Å²) >= 11 is 0. The molecule has 0 unspecified atom stereocenters. The molecule has 4 rings (SSSR count). The topological polar surface area (TPSA) is 40.5 Å². The summed E-state index contributed by atoms with van der Waals surface area (Å²) in [5.74, 6) is -0.700. The Balaban J connectivity index is 1.53. The zero-order chi connectivity index (χ0) is 18.0. The molecule has 1 N–H and O–H groups in total. The molecular weight excluding hydrogens is 322 g/mol. The van der Waals surface area contributed by atoms with Crippen LogP contribution < -0.4 is 0 Å². The molecule has 0 aromatic heterocycles. The first-order valence-electron chi connectivity index (χ1n) is 9.17. The molecule has 3 aromatic carbocycles. The van der Waals surface area contributed by atoms with Gasteiger partial charge >= 0.3 is 5.97 Å². The first-order chi connectivity index (χ1) is 12.7. The average molecular weight is 345 g/mol. The Morgan fingerprint density at radius 3 is 2.27 bits per heavy atom. The van der Waals surface area contributed by atoms with E-state index in [0.717, 1.165) is 25.2 Å². The summed E-state index contributed by atoms with van der Waals surface area (Å²) in [6.07, 6.45) is 1.30. The Bertz CT molecular complexity index is 906. The molecule has 0 amide bonds. The molecule has 1 saturated heterocycles. The summed E-state index contributed by atoms with van der Waals surface area (Å²) in [4.78, 5) is 14.5. The van der Waals surface area contributed by atoms with Gasteiger partial charge in [-0.25, -0.2) is 0 Å². The molecule has 0 bridgehead atoms. The second-order valence-electron chi connectivity index (χ2n) is 7.17. The van der Waals surface area contributed by atoms with Crippen LogP contribution >= 0.6 is 0 Å². The van der Waals surface area contributed by atoms with Gasteiger partial charge in [-0.15, -0.1) is 0 Å². The van der Waals surface area contributed by atoms with Crippen molar-refractivity contribution in [3.63, 3.8) is 0 Å². The molecule has 1 heterocycles. The standard InChI is InChI=1S/C23H23NO2/c25-22(26)23(20-10-2-1-3-11-20)13-15-24(16-14-23)17-19-9-6-8-18-7-4-5-12-21(18)19/h1-12H,13-17H2,(H,25,26). The van der Waals surface area contributed by atoms with Crippen molar-refractivity contribution in [2.75, 3.05) is 13.1 Å². The number of fused-ring (bicyclic) bond motifs is 1. The molecule has 3 aromatic rings. The van der Waals surface area contributed by atoms with E-state index in [1.807, 2.05) is 30.3 Å². The maximum absolute atomic E-state index is 12.1. The van der Waals surface area contributed by atoms with E-state index in [1.54, 1.807) is 0 Å². The Hall–Kier alpha value is -2.65. The number of aliphatic carboxylic acids is 1. The number of carbonyl (C=O) groups is 1. The predicted octanol–water partition coefficient (Wildman–Crippen LogP) is 4.46. The lowest BCUT2D eigenvalue weighted by Gasteiger charge is -2.39. The normalized spacial score (nSPS) is 17.2. The fourth-order valence-corrected chi connectivity index (χ4v) is 4.15. The van der Waals surface area contributed by atoms with Gasteiger partial charge in [-0.05, 0) is 47.8 Å². The van der Waals surface area contributed by atoms with Gasteiger partial charge in [0.2, 0.25) is 0 Å². The Labute approximate surface area is 153 Å². The lowest BCUT2D eigenvalue weighted by molar-refractivity contribution is -0.146. The highest BCUT2D eigenvalue weighted by molar-refractivity contribution is 5.85. The van der Waals surface area contributed by atoms with E-state index in [4.69, 9.17) is 0 Å². The van der Waals surface area contributed by atoms with Crippen LogP contribution in [0.3, 0.4) is 0 Å². The number of likely N-dealkylation sites (tertiary alicyclic amines) is 1. The zero-order valence-electron chi connectivity index (χ0n) is 14.8. The number of nitrogens with zero attached hydrogens (tertiary/aromatic N) is 1. The first-order valence-corrected chi connectivity index (χ1v) is 9.17. The van der Waals surface area contributed by atoms with E-state index in [1.165, 1.54) is 16.3 Å². The Kier molecular flexibility index (Phi) is 4.48. The van der Waals surface area contributed by atoms with Crippen LogP contribution in [0.4, 0.5) is 0 Å². The van der Waals surface area contributed by atoms with Gasteiger partial charge in [0.25, 0.3) is 0 Å². The quantitative estimate of drug-likeness (QED) is 0.759. The molecule has 1 fully saturated rings. The smallest absolute Gasteiger partial charge is 0.314 e. The van der Waals surface area contributed by atoms with Gasteiger partial charge in [0.15, 0.2) is 0 Å². The Morgan fingerprint density at radius 1 is 0.885 bits per heavy atom. The van der Waals surface area contributed by atoms with Crippen LogP contribution in [0.5, 0.6) is 0 Å². The van der Waals surface area contributed by atoms with Crippen LogP contribution in [-0.4, -0.2) is 29.1 Å². The largest absolute Gasteiger partial charge is 0.481 e. The van der Waals surface area contributed by atoms with Gasteiger partial charge < -0.3 is 5.11 Å². The van der Waals surface area contributed by atoms with Crippen LogP contribution in [0.25, 0.3) is 10.8 Å². The van der Waals surface area contributed by atoms with E-state index in [9.17, 15) is 9.90 Å². The number of carboxylic acid groups (broad SMARTS) is 1. The number of hydrogen-bond donors (Lipinski definition) is 1. The molecule has 3 heteroatoms. The highest BCUT2D eigenvalue weighted by Gasteiger charge is 2.42. The van der Waals surface area contributed by atoms with Gasteiger partial charge in [0.05, 0.1) is 5.41 Å². The zero-order valence-corrected chi connectivity index (χ0v) is 14.8.